The van der Waals surface area contributed by atoms with E-state index in [9.17, 15) is 29.0 Å². The lowest BCUT2D eigenvalue weighted by atomic mass is 9.85. The molecule has 17 nitrogen and oxygen atoms in total. The van der Waals surface area contributed by atoms with Gasteiger partial charge in [0, 0.05) is 80.7 Å². The number of fused-ring (bicyclic) bond motifs is 1. The van der Waals surface area contributed by atoms with Crippen molar-refractivity contribution < 1.29 is 33.7 Å². The number of carbonyl (C=O) groups excluding carboxylic acids is 3. The van der Waals surface area contributed by atoms with Crippen LogP contribution in [0.1, 0.15) is 56.7 Å². The van der Waals surface area contributed by atoms with Gasteiger partial charge in [-0.15, -0.1) is 21.5 Å². The van der Waals surface area contributed by atoms with Crippen LogP contribution in [-0.2, 0) is 33.9 Å². The summed E-state index contributed by atoms with van der Waals surface area (Å²) in [6, 6.07) is 27.3. The summed E-state index contributed by atoms with van der Waals surface area (Å²) in [5.74, 6) is -0.796. The number of likely N-dealkylation sites (tertiary alicyclic amines) is 1. The Kier molecular flexibility index (Phi) is 14.1. The van der Waals surface area contributed by atoms with Gasteiger partial charge < -0.3 is 41.1 Å². The Morgan fingerprint density at radius 1 is 0.959 bits per heavy atom. The fraction of sp³-hybridized carbons (Fsp3) is 0.364. The lowest BCUT2D eigenvalue weighted by molar-refractivity contribution is -0.145. The van der Waals surface area contributed by atoms with E-state index in [2.05, 4.69) is 65.1 Å². The van der Waals surface area contributed by atoms with Gasteiger partial charge in [0.05, 0.1) is 51.9 Å². The van der Waals surface area contributed by atoms with Crippen molar-refractivity contribution in [3.63, 3.8) is 0 Å². The van der Waals surface area contributed by atoms with E-state index in [1.54, 1.807) is 39.1 Å². The number of nitrogens with two attached hydrogens (primary N) is 1. The number of para-hydroxylation sites is 1. The third kappa shape index (κ3) is 10.9. The van der Waals surface area contributed by atoms with Crippen LogP contribution in [0.2, 0.25) is 0 Å². The Labute approximate surface area is 432 Å². The first-order valence-electron chi connectivity index (χ1n) is 25.0. The zero-order valence-electron chi connectivity index (χ0n) is 41.6. The number of aromatic amines is 1. The molecule has 3 aliphatic rings. The number of amides is 3. The summed E-state index contributed by atoms with van der Waals surface area (Å²) in [6.07, 6.45) is 1.63. The molecule has 7 aromatic rings. The van der Waals surface area contributed by atoms with Crippen molar-refractivity contribution in [1.82, 2.24) is 45.8 Å². The number of nitrogens with zero attached hydrogens (tertiary/aromatic N) is 7. The first-order chi connectivity index (χ1) is 35.6. The maximum atomic E-state index is 14.8. The molecule has 3 atom stereocenters. The number of thiazole rings is 1. The van der Waals surface area contributed by atoms with E-state index in [-0.39, 0.29) is 38.1 Å². The molecule has 5 heterocycles. The lowest BCUT2D eigenvalue weighted by Gasteiger charge is -2.36. The van der Waals surface area contributed by atoms with Crippen molar-refractivity contribution in [3.05, 3.63) is 119 Å². The molecule has 0 spiro atoms. The molecule has 0 radical (unpaired) electrons. The summed E-state index contributed by atoms with van der Waals surface area (Å²) >= 11 is 1.51. The first-order valence-corrected chi connectivity index (χ1v) is 25.8. The van der Waals surface area contributed by atoms with Gasteiger partial charge in [0.15, 0.2) is 11.5 Å². The fourth-order valence-corrected chi connectivity index (χ4v) is 10.5. The number of benzene rings is 4. The molecule has 3 fully saturated rings. The minimum absolute atomic E-state index is 0.00899. The number of phenolic OH excluding ortho intramolecular Hbond substituents is 1. The molecule has 10 rings (SSSR count). The molecular weight excluding hydrogens is 962 g/mol. The number of hydrogen-bond donors (Lipinski definition) is 6. The molecule has 3 aromatic heterocycles. The number of aromatic hydroxyl groups is 1. The second-order valence-corrected chi connectivity index (χ2v) is 21.4. The number of piperazine rings is 1. The van der Waals surface area contributed by atoms with Crippen molar-refractivity contribution >= 4 is 51.5 Å². The summed E-state index contributed by atoms with van der Waals surface area (Å²) in [6.45, 7) is 9.56. The highest BCUT2D eigenvalue weighted by Gasteiger charge is 2.53. The summed E-state index contributed by atoms with van der Waals surface area (Å²) in [4.78, 5) is 52.6. The first kappa shape index (κ1) is 50.1. The standard InChI is InChI=1S/C55H60FN11O6S/c1-54(2,3)49(61-53(72)55(56)17-18-55)52(71)67-31-39(68)26-44(67)51(70)58-28-38-15-13-36(48-47(59-32-74-48)35-12-14-37-29-60-62-41(37)24-35)25-46(38)73-23-16-33-8-10-34(11-9-33)30-65-19-21-66(22-20-65)43-27-42(63-64-50(43)57)40-6-4-5-7-45(40)69/h4-15,24-25,27,29,32,39,44,49,68-69H,16-23,26,28,30-31H2,1-3H3,(H2,57,64)(H,58,70)(H,60,62)(H,61,72)/t39?,44?,49-/m1/s1. The normalized spacial score (nSPS) is 18.1. The van der Waals surface area contributed by atoms with Crippen LogP contribution in [0.3, 0.4) is 0 Å². The average Bonchev–Trinajstić information content (AvgIpc) is 3.72. The minimum Gasteiger partial charge on any atom is -0.507 e. The van der Waals surface area contributed by atoms with Gasteiger partial charge in [-0.05, 0) is 65.3 Å². The van der Waals surface area contributed by atoms with Gasteiger partial charge in [-0.2, -0.15) is 5.10 Å². The second kappa shape index (κ2) is 20.8. The monoisotopic (exact) mass is 1020 g/mol. The Balaban J connectivity index is 0.806. The lowest BCUT2D eigenvalue weighted by Crippen LogP contribution is -2.59. The Hall–Kier alpha value is -7.48. The average molecular weight is 1020 g/mol. The molecule has 19 heteroatoms. The van der Waals surface area contributed by atoms with Gasteiger partial charge in [0.25, 0.3) is 5.91 Å². The fourth-order valence-electron chi connectivity index (χ4n) is 9.70. The number of anilines is 2. The molecule has 74 heavy (non-hydrogen) atoms. The molecule has 4 aromatic carbocycles. The molecule has 7 N–H and O–H groups in total. The Morgan fingerprint density at radius 2 is 1.72 bits per heavy atom. The number of ether oxygens (including phenoxy) is 1. The van der Waals surface area contributed by atoms with E-state index in [0.29, 0.717) is 41.4 Å². The van der Waals surface area contributed by atoms with Crippen LogP contribution in [-0.4, -0.2) is 126 Å². The van der Waals surface area contributed by atoms with Crippen molar-refractivity contribution in [1.29, 1.82) is 0 Å². The van der Waals surface area contributed by atoms with Gasteiger partial charge in [-0.1, -0.05) is 81.4 Å². The third-order valence-corrected chi connectivity index (χ3v) is 15.1. The number of nitrogens with one attached hydrogen (secondary N) is 3. The summed E-state index contributed by atoms with van der Waals surface area (Å²) < 4.78 is 21.4. The number of aliphatic hydroxyl groups excluding tert-OH is 1. The number of hydrogen-bond acceptors (Lipinski definition) is 14. The Bertz CT molecular complexity index is 3180. The quantitative estimate of drug-likeness (QED) is 0.0597. The zero-order chi connectivity index (χ0) is 51.7. The molecule has 1 saturated carbocycles. The maximum Gasteiger partial charge on any atom is 0.258 e. The van der Waals surface area contributed by atoms with Crippen LogP contribution in [0.4, 0.5) is 15.9 Å². The molecule has 0 bridgehead atoms. The minimum atomic E-state index is -1.99. The summed E-state index contributed by atoms with van der Waals surface area (Å²) in [7, 11) is 0. The van der Waals surface area contributed by atoms with E-state index in [1.807, 2.05) is 60.1 Å². The van der Waals surface area contributed by atoms with E-state index in [0.717, 1.165) is 76.6 Å². The smallest absolute Gasteiger partial charge is 0.258 e. The Morgan fingerprint density at radius 3 is 2.47 bits per heavy atom. The predicted molar refractivity (Wildman–Crippen MR) is 282 cm³/mol. The van der Waals surface area contributed by atoms with Crippen molar-refractivity contribution in [2.24, 2.45) is 5.41 Å². The van der Waals surface area contributed by atoms with E-state index < -0.39 is 47.0 Å². The number of carbonyl (C=O) groups is 3. The molecule has 2 unspecified atom stereocenters. The van der Waals surface area contributed by atoms with Crippen LogP contribution < -0.4 is 26.0 Å². The largest absolute Gasteiger partial charge is 0.507 e. The van der Waals surface area contributed by atoms with Crippen LogP contribution >= 0.6 is 11.3 Å². The van der Waals surface area contributed by atoms with Crippen LogP contribution in [0.25, 0.3) is 43.9 Å². The zero-order valence-corrected chi connectivity index (χ0v) is 42.4. The van der Waals surface area contributed by atoms with Gasteiger partial charge in [-0.25, -0.2) is 9.37 Å². The van der Waals surface area contributed by atoms with E-state index in [4.69, 9.17) is 15.5 Å². The van der Waals surface area contributed by atoms with Crippen LogP contribution in [0, 0.1) is 5.41 Å². The molecule has 1 aliphatic carbocycles. The number of nitrogen functional groups attached to an aromatic ring is 1. The number of alkyl halides is 1. The molecule has 3 amide bonds. The van der Waals surface area contributed by atoms with Gasteiger partial charge in [-0.3, -0.25) is 24.4 Å². The van der Waals surface area contributed by atoms with Crippen molar-refractivity contribution in [2.75, 3.05) is 50.0 Å². The number of rotatable bonds is 16. The molecule has 384 valence electrons. The maximum absolute atomic E-state index is 14.8. The van der Waals surface area contributed by atoms with E-state index in [1.165, 1.54) is 21.8 Å². The highest BCUT2D eigenvalue weighted by atomic mass is 32.1. The number of aliphatic hydroxyl groups is 1. The molecule has 2 saturated heterocycles. The highest BCUT2D eigenvalue weighted by molar-refractivity contribution is 7.13. The summed E-state index contributed by atoms with van der Waals surface area (Å²) in [5.41, 5.74) is 13.8. The van der Waals surface area contributed by atoms with Gasteiger partial charge in [0.1, 0.15) is 23.6 Å². The summed E-state index contributed by atoms with van der Waals surface area (Å²) in [5, 5.41) is 43.4. The number of β-amino-alcohol motifs (C(OH)–C–C–N with tert-alkyl or cyclic N) is 1. The second-order valence-electron chi connectivity index (χ2n) is 20.6. The van der Waals surface area contributed by atoms with Gasteiger partial charge >= 0.3 is 0 Å². The van der Waals surface area contributed by atoms with E-state index >= 15 is 0 Å². The molecular formula is C55H60FN11O6S. The number of phenols is 1. The highest BCUT2D eigenvalue weighted by Crippen LogP contribution is 2.41. The van der Waals surface area contributed by atoms with Gasteiger partial charge in [0.2, 0.25) is 11.8 Å². The van der Waals surface area contributed by atoms with Crippen LogP contribution in [0.15, 0.2) is 103 Å². The number of halogens is 1. The number of aromatic nitrogens is 5. The number of H-pyrrole nitrogens is 1. The van der Waals surface area contributed by atoms with Crippen molar-refractivity contribution in [2.45, 2.75) is 83.4 Å². The SMILES string of the molecule is CC(C)(C)[C@H](NC(=O)C1(F)CC1)C(=O)N1CC(O)CC1C(=O)NCc1ccc(-c2scnc2-c2ccc3cn[nH]c3c2)cc1OCCc1ccc(CN2CCN(c3cc(-c4ccccc4O)nnc3N)CC2)cc1. The molecule has 2 aliphatic heterocycles. The third-order valence-electron chi connectivity index (χ3n) is 14.2. The van der Waals surface area contributed by atoms with Crippen LogP contribution in [0.5, 0.6) is 11.5 Å². The topological polar surface area (TPSA) is 228 Å². The van der Waals surface area contributed by atoms with Crippen molar-refractivity contribution in [3.8, 4) is 44.5 Å². The predicted octanol–water partition coefficient (Wildman–Crippen LogP) is 6.65.